The number of aromatic nitrogens is 2. The minimum absolute atomic E-state index is 0. The number of nitrogens with zero attached hydrogens (tertiary/aromatic N) is 1. The largest absolute Gasteiger partial charge is 1.00 e. The minimum atomic E-state index is -0.529. The van der Waals surface area contributed by atoms with Crippen molar-refractivity contribution in [2.24, 2.45) is 5.73 Å². The third-order valence-corrected chi connectivity index (χ3v) is 4.22. The molecule has 3 N–H and O–H groups in total. The monoisotopic (exact) mass is 330 g/mol. The van der Waals surface area contributed by atoms with E-state index in [2.05, 4.69) is 4.98 Å². The van der Waals surface area contributed by atoms with Crippen LogP contribution < -0.4 is 18.1 Å². The van der Waals surface area contributed by atoms with Crippen LogP contribution in [-0.4, -0.2) is 9.55 Å². The molecule has 1 unspecified atom stereocenters. The Bertz CT molecular complexity index is 711. The Morgan fingerprint density at radius 1 is 1.38 bits per heavy atom. The number of nitrogens with two attached hydrogens (primary N) is 1. The molecule has 1 aliphatic rings. The maximum atomic E-state index is 13.7. The lowest BCUT2D eigenvalue weighted by Crippen LogP contribution is -3.00. The van der Waals surface area contributed by atoms with Crippen LogP contribution in [0.4, 0.5) is 8.78 Å². The van der Waals surface area contributed by atoms with Gasteiger partial charge in [0, 0.05) is 24.8 Å². The molecule has 1 aromatic carbocycles. The standard InChI is InChI=1S/C14H15F2N3S.ClH/c15-9-3-8-4-10(1-2-12(8)13(16)5-9)19-11(6-17)7-18-14(19)20;/h3,5,7,10H,1-2,4,6,17H2,(H,18,20);1H/p-1. The Labute approximate surface area is 132 Å². The number of rotatable bonds is 2. The first-order valence-electron chi connectivity index (χ1n) is 6.55. The average Bonchev–Trinajstić information content (AvgIpc) is 2.78. The summed E-state index contributed by atoms with van der Waals surface area (Å²) in [4.78, 5) is 2.98. The summed E-state index contributed by atoms with van der Waals surface area (Å²) in [6.07, 6.45) is 3.73. The number of hydrogen-bond acceptors (Lipinski definition) is 2. The van der Waals surface area contributed by atoms with Gasteiger partial charge in [0.05, 0.1) is 5.69 Å². The molecule has 3 rings (SSSR count). The molecule has 0 saturated carbocycles. The van der Waals surface area contributed by atoms with E-state index in [9.17, 15) is 8.78 Å². The van der Waals surface area contributed by atoms with Crippen LogP contribution in [-0.2, 0) is 19.4 Å². The van der Waals surface area contributed by atoms with Gasteiger partial charge in [0.15, 0.2) is 4.77 Å². The van der Waals surface area contributed by atoms with Gasteiger partial charge in [-0.3, -0.25) is 0 Å². The predicted octanol–water partition coefficient (Wildman–Crippen LogP) is 0.0166. The van der Waals surface area contributed by atoms with Crippen molar-refractivity contribution >= 4 is 12.2 Å². The summed E-state index contributed by atoms with van der Waals surface area (Å²) in [5.74, 6) is -0.978. The summed E-state index contributed by atoms with van der Waals surface area (Å²) in [7, 11) is 0. The van der Waals surface area contributed by atoms with E-state index in [1.807, 2.05) is 4.57 Å². The fourth-order valence-corrected chi connectivity index (χ4v) is 3.30. The third-order valence-electron chi connectivity index (χ3n) is 3.90. The summed E-state index contributed by atoms with van der Waals surface area (Å²) in [6, 6.07) is 2.47. The van der Waals surface area contributed by atoms with E-state index in [0.29, 0.717) is 29.7 Å². The van der Waals surface area contributed by atoms with Crippen molar-refractivity contribution in [2.45, 2.75) is 31.8 Å². The van der Waals surface area contributed by atoms with E-state index in [1.54, 1.807) is 6.20 Å². The molecule has 0 fully saturated rings. The maximum Gasteiger partial charge on any atom is 0.177 e. The number of imidazole rings is 1. The molecule has 0 amide bonds. The van der Waals surface area contributed by atoms with Crippen LogP contribution in [0.2, 0.25) is 0 Å². The molecular weight excluding hydrogens is 316 g/mol. The molecule has 0 aliphatic heterocycles. The van der Waals surface area contributed by atoms with Crippen LogP contribution in [0.25, 0.3) is 0 Å². The second kappa shape index (κ2) is 6.25. The van der Waals surface area contributed by atoms with E-state index in [0.717, 1.165) is 23.7 Å². The van der Waals surface area contributed by atoms with Crippen molar-refractivity contribution in [1.29, 1.82) is 0 Å². The normalized spacial score (nSPS) is 17.2. The summed E-state index contributed by atoms with van der Waals surface area (Å²) >= 11 is 5.27. The lowest BCUT2D eigenvalue weighted by molar-refractivity contribution is -0.00000549. The Balaban J connectivity index is 0.00000161. The molecule has 1 aliphatic carbocycles. The second-order valence-electron chi connectivity index (χ2n) is 5.08. The van der Waals surface area contributed by atoms with Crippen molar-refractivity contribution < 1.29 is 21.2 Å². The minimum Gasteiger partial charge on any atom is -1.00 e. The Kier molecular flexibility index (Phi) is 4.81. The van der Waals surface area contributed by atoms with Gasteiger partial charge in [-0.05, 0) is 48.7 Å². The van der Waals surface area contributed by atoms with Gasteiger partial charge in [0.25, 0.3) is 0 Å². The SMILES string of the molecule is NCc1c[nH]c(=S)n1C1CCc2c(F)cc(F)cc2C1.[Cl-]. The fourth-order valence-electron chi connectivity index (χ4n) is 2.98. The molecule has 1 atom stereocenters. The predicted molar refractivity (Wildman–Crippen MR) is 74.9 cm³/mol. The number of hydrogen-bond donors (Lipinski definition) is 2. The van der Waals surface area contributed by atoms with E-state index < -0.39 is 11.6 Å². The molecule has 2 aromatic rings. The van der Waals surface area contributed by atoms with Gasteiger partial charge < -0.3 is 27.7 Å². The van der Waals surface area contributed by atoms with Crippen molar-refractivity contribution in [3.8, 4) is 0 Å². The summed E-state index contributed by atoms with van der Waals surface area (Å²) in [6.45, 7) is 0.383. The molecule has 1 heterocycles. The molecular formula is C14H15ClF2N3S-. The molecule has 0 saturated heterocycles. The van der Waals surface area contributed by atoms with Crippen LogP contribution in [0, 0.1) is 16.4 Å². The molecule has 0 radical (unpaired) electrons. The smallest absolute Gasteiger partial charge is 0.177 e. The zero-order chi connectivity index (χ0) is 14.3. The van der Waals surface area contributed by atoms with Crippen LogP contribution in [0.15, 0.2) is 18.3 Å². The van der Waals surface area contributed by atoms with Crippen molar-refractivity contribution in [3.63, 3.8) is 0 Å². The highest BCUT2D eigenvalue weighted by Crippen LogP contribution is 2.32. The first-order valence-corrected chi connectivity index (χ1v) is 6.96. The van der Waals surface area contributed by atoms with Gasteiger partial charge in [-0.25, -0.2) is 8.78 Å². The van der Waals surface area contributed by atoms with Gasteiger partial charge in [-0.15, -0.1) is 0 Å². The van der Waals surface area contributed by atoms with Crippen LogP contribution in [0.5, 0.6) is 0 Å². The summed E-state index contributed by atoms with van der Waals surface area (Å²) < 4.78 is 29.7. The van der Waals surface area contributed by atoms with E-state index in [4.69, 9.17) is 18.0 Å². The maximum absolute atomic E-state index is 13.7. The number of nitrogens with one attached hydrogen (secondary N) is 1. The zero-order valence-electron chi connectivity index (χ0n) is 11.2. The van der Waals surface area contributed by atoms with Gasteiger partial charge >= 0.3 is 0 Å². The average molecular weight is 331 g/mol. The quantitative estimate of drug-likeness (QED) is 0.763. The first-order chi connectivity index (χ1) is 9.60. The Hall–Kier alpha value is -1.24. The van der Waals surface area contributed by atoms with Crippen LogP contribution in [0.1, 0.15) is 29.3 Å². The molecule has 0 bridgehead atoms. The number of aromatic amines is 1. The highest BCUT2D eigenvalue weighted by Gasteiger charge is 2.24. The van der Waals surface area contributed by atoms with E-state index in [-0.39, 0.29) is 18.4 Å². The molecule has 21 heavy (non-hydrogen) atoms. The van der Waals surface area contributed by atoms with Gasteiger partial charge in [0.1, 0.15) is 11.6 Å². The molecule has 1 aromatic heterocycles. The van der Waals surface area contributed by atoms with Gasteiger partial charge in [-0.2, -0.15) is 0 Å². The van der Waals surface area contributed by atoms with Gasteiger partial charge in [-0.1, -0.05) is 0 Å². The number of benzene rings is 1. The zero-order valence-corrected chi connectivity index (χ0v) is 12.8. The Morgan fingerprint density at radius 3 is 2.86 bits per heavy atom. The highest BCUT2D eigenvalue weighted by molar-refractivity contribution is 7.71. The topological polar surface area (TPSA) is 46.7 Å². The van der Waals surface area contributed by atoms with Crippen LogP contribution >= 0.6 is 12.2 Å². The molecule has 3 nitrogen and oxygen atoms in total. The van der Waals surface area contributed by atoms with Crippen molar-refractivity contribution in [1.82, 2.24) is 9.55 Å². The number of halogens is 3. The number of H-pyrrole nitrogens is 1. The van der Waals surface area contributed by atoms with E-state index in [1.165, 1.54) is 6.07 Å². The fraction of sp³-hybridized carbons (Fsp3) is 0.357. The first kappa shape index (κ1) is 16.1. The van der Waals surface area contributed by atoms with Gasteiger partial charge in [0.2, 0.25) is 0 Å². The molecule has 0 spiro atoms. The molecule has 114 valence electrons. The summed E-state index contributed by atoms with van der Waals surface area (Å²) in [5.41, 5.74) is 7.97. The molecule has 7 heteroatoms. The lowest BCUT2D eigenvalue weighted by atomic mass is 9.87. The highest BCUT2D eigenvalue weighted by atomic mass is 35.5. The van der Waals surface area contributed by atoms with Crippen molar-refractivity contribution in [3.05, 3.63) is 51.6 Å². The summed E-state index contributed by atoms with van der Waals surface area (Å²) in [5, 5.41) is 0. The van der Waals surface area contributed by atoms with E-state index >= 15 is 0 Å². The third kappa shape index (κ3) is 2.88. The Morgan fingerprint density at radius 2 is 2.14 bits per heavy atom. The van der Waals surface area contributed by atoms with Crippen LogP contribution in [0.3, 0.4) is 0 Å². The number of fused-ring (bicyclic) bond motifs is 1. The van der Waals surface area contributed by atoms with Crippen molar-refractivity contribution in [2.75, 3.05) is 0 Å². The second-order valence-corrected chi connectivity index (χ2v) is 5.47. The lowest BCUT2D eigenvalue weighted by Gasteiger charge is -2.27.